The van der Waals surface area contributed by atoms with Crippen LogP contribution in [0, 0.1) is 0 Å². The molecule has 4 nitrogen and oxygen atoms in total. The van der Waals surface area contributed by atoms with Gasteiger partial charge in [0.1, 0.15) is 0 Å². The van der Waals surface area contributed by atoms with Crippen LogP contribution >= 0.6 is 0 Å². The van der Waals surface area contributed by atoms with Crippen molar-refractivity contribution in [1.29, 1.82) is 0 Å². The SMILES string of the molecule is CCc1nnc([SH2+])nn1. The first-order valence-electron chi connectivity index (χ1n) is 2.61. The molecule has 0 saturated carbocycles. The molecule has 0 aliphatic rings. The minimum atomic E-state index is 0.423. The fraction of sp³-hybridized carbons (Fsp3) is 0.500. The summed E-state index contributed by atoms with van der Waals surface area (Å²) in [4.78, 5) is 0. The largest absolute Gasteiger partial charge is 0.377 e. The quantitative estimate of drug-likeness (QED) is 0.483. The highest BCUT2D eigenvalue weighted by Crippen LogP contribution is 1.84. The second-order valence-corrected chi connectivity index (χ2v) is 1.94. The molecule has 48 valence electrons. The van der Waals surface area contributed by atoms with E-state index in [1.54, 1.807) is 0 Å². The highest BCUT2D eigenvalue weighted by atomic mass is 32.1. The molecule has 0 saturated heterocycles. The van der Waals surface area contributed by atoms with Crippen LogP contribution in [0.15, 0.2) is 5.16 Å². The van der Waals surface area contributed by atoms with E-state index in [2.05, 4.69) is 33.0 Å². The van der Waals surface area contributed by atoms with E-state index in [4.69, 9.17) is 0 Å². The summed E-state index contributed by atoms with van der Waals surface area (Å²) < 4.78 is 0. The van der Waals surface area contributed by atoms with E-state index >= 15 is 0 Å². The van der Waals surface area contributed by atoms with Crippen LogP contribution in [0.25, 0.3) is 0 Å². The van der Waals surface area contributed by atoms with Gasteiger partial charge in [-0.3, -0.25) is 0 Å². The first-order chi connectivity index (χ1) is 4.33. The summed E-state index contributed by atoms with van der Waals surface area (Å²) in [6.07, 6.45) is 0.770. The summed E-state index contributed by atoms with van der Waals surface area (Å²) in [6.45, 7) is 1.95. The predicted molar refractivity (Wildman–Crippen MR) is 35.4 cm³/mol. The van der Waals surface area contributed by atoms with Crippen LogP contribution in [0.2, 0.25) is 0 Å². The van der Waals surface area contributed by atoms with Crippen molar-refractivity contribution in [2.24, 2.45) is 0 Å². The van der Waals surface area contributed by atoms with Gasteiger partial charge in [0.2, 0.25) is 0 Å². The fourth-order valence-electron chi connectivity index (χ4n) is 0.392. The van der Waals surface area contributed by atoms with E-state index < -0.39 is 0 Å². The fourth-order valence-corrected chi connectivity index (χ4v) is 0.492. The third-order valence-electron chi connectivity index (χ3n) is 0.837. The molecule has 1 heterocycles. The van der Waals surface area contributed by atoms with Crippen LogP contribution in [-0.2, 0) is 19.0 Å². The summed E-state index contributed by atoms with van der Waals surface area (Å²) in [5.41, 5.74) is 0. The summed E-state index contributed by atoms with van der Waals surface area (Å²) in [7, 11) is 0. The maximum atomic E-state index is 3.72. The van der Waals surface area contributed by atoms with Crippen LogP contribution in [0.1, 0.15) is 12.7 Å². The lowest BCUT2D eigenvalue weighted by Gasteiger charge is -1.85. The van der Waals surface area contributed by atoms with Crippen molar-refractivity contribution in [3.8, 4) is 0 Å². The molecule has 0 unspecified atom stereocenters. The third kappa shape index (κ3) is 1.60. The molecule has 0 spiro atoms. The van der Waals surface area contributed by atoms with Crippen molar-refractivity contribution in [1.82, 2.24) is 20.4 Å². The Morgan fingerprint density at radius 1 is 1.22 bits per heavy atom. The predicted octanol–water partition coefficient (Wildman–Crippen LogP) is -0.801. The molecular formula is C4H7N4S+. The Balaban J connectivity index is 2.88. The second-order valence-electron chi connectivity index (χ2n) is 1.49. The number of aromatic nitrogens is 4. The highest BCUT2D eigenvalue weighted by Gasteiger charge is 1.96. The van der Waals surface area contributed by atoms with Gasteiger partial charge in [0.15, 0.2) is 5.82 Å². The number of aryl methyl sites for hydroxylation is 1. The zero-order chi connectivity index (χ0) is 6.69. The Bertz CT molecular complexity index is 184. The molecule has 0 fully saturated rings. The molecule has 0 atom stereocenters. The van der Waals surface area contributed by atoms with E-state index in [9.17, 15) is 0 Å². The van der Waals surface area contributed by atoms with Gasteiger partial charge in [-0.25, -0.2) is 0 Å². The summed E-state index contributed by atoms with van der Waals surface area (Å²) in [5.74, 6) is 0.664. The minimum absolute atomic E-state index is 0.423. The van der Waals surface area contributed by atoms with Crippen molar-refractivity contribution in [2.45, 2.75) is 18.5 Å². The zero-order valence-electron chi connectivity index (χ0n) is 5.00. The van der Waals surface area contributed by atoms with Gasteiger partial charge in [0.25, 0.3) is 0 Å². The lowest BCUT2D eigenvalue weighted by Crippen LogP contribution is -2.00. The molecule has 1 aromatic rings. The van der Waals surface area contributed by atoms with Crippen molar-refractivity contribution >= 4 is 12.6 Å². The van der Waals surface area contributed by atoms with Gasteiger partial charge >= 0.3 is 5.16 Å². The molecule has 0 bridgehead atoms. The van der Waals surface area contributed by atoms with Crippen LogP contribution in [0.5, 0.6) is 0 Å². The standard InChI is InChI=1S/C4H6N4S/c1-2-3-5-7-4(9)8-6-3/h2H2,1H3,(H,7,8,9)/p+1. The molecule has 0 amide bonds. The highest BCUT2D eigenvalue weighted by molar-refractivity contribution is 7.58. The molecule has 1 aromatic heterocycles. The van der Waals surface area contributed by atoms with Crippen LogP contribution in [0.4, 0.5) is 0 Å². The normalized spacial score (nSPS) is 9.56. The van der Waals surface area contributed by atoms with Gasteiger partial charge in [-0.05, 0) is 0 Å². The topological polar surface area (TPSA) is 51.6 Å². The average Bonchev–Trinajstić information content (AvgIpc) is 1.90. The first kappa shape index (κ1) is 6.41. The van der Waals surface area contributed by atoms with Crippen LogP contribution < -0.4 is 0 Å². The molecule has 0 aliphatic carbocycles. The summed E-state index contributed by atoms with van der Waals surface area (Å²) in [6, 6.07) is 0. The Labute approximate surface area is 58.1 Å². The molecular weight excluding hydrogens is 136 g/mol. The summed E-state index contributed by atoms with van der Waals surface area (Å²) >= 11 is 3.07. The first-order valence-corrected chi connectivity index (χ1v) is 3.11. The van der Waals surface area contributed by atoms with Crippen LogP contribution in [0.3, 0.4) is 0 Å². The van der Waals surface area contributed by atoms with Gasteiger partial charge < -0.3 is 0 Å². The Morgan fingerprint density at radius 3 is 2.22 bits per heavy atom. The van der Waals surface area contributed by atoms with Gasteiger partial charge in [-0.1, -0.05) is 17.1 Å². The lowest BCUT2D eigenvalue weighted by atomic mass is 10.5. The van der Waals surface area contributed by atoms with Crippen molar-refractivity contribution in [3.05, 3.63) is 5.82 Å². The number of hydrogen-bond donors (Lipinski definition) is 0. The van der Waals surface area contributed by atoms with E-state index in [1.807, 2.05) is 6.92 Å². The molecule has 0 aliphatic heterocycles. The van der Waals surface area contributed by atoms with Crippen LogP contribution in [-0.4, -0.2) is 20.4 Å². The van der Waals surface area contributed by atoms with Crippen molar-refractivity contribution in [3.63, 3.8) is 0 Å². The monoisotopic (exact) mass is 143 g/mol. The average molecular weight is 143 g/mol. The molecule has 5 heteroatoms. The maximum absolute atomic E-state index is 3.72. The minimum Gasteiger partial charge on any atom is -0.127 e. The molecule has 0 N–H and O–H groups in total. The Morgan fingerprint density at radius 2 is 1.78 bits per heavy atom. The smallest absolute Gasteiger partial charge is 0.127 e. The zero-order valence-corrected chi connectivity index (χ0v) is 6.00. The second kappa shape index (κ2) is 2.72. The Hall–Kier alpha value is -0.710. The third-order valence-corrected chi connectivity index (χ3v) is 1.04. The van der Waals surface area contributed by atoms with E-state index in [0.717, 1.165) is 6.42 Å². The van der Waals surface area contributed by atoms with Gasteiger partial charge in [0.05, 0.1) is 0 Å². The van der Waals surface area contributed by atoms with E-state index in [1.165, 1.54) is 0 Å². The lowest BCUT2D eigenvalue weighted by molar-refractivity contribution is 0.691. The van der Waals surface area contributed by atoms with Gasteiger partial charge in [-0.15, -0.1) is 10.2 Å². The van der Waals surface area contributed by atoms with Gasteiger partial charge in [-0.2, -0.15) is 0 Å². The number of nitrogens with zero attached hydrogens (tertiary/aromatic N) is 4. The number of hydrogen-bond acceptors (Lipinski definition) is 4. The van der Waals surface area contributed by atoms with Crippen molar-refractivity contribution in [2.75, 3.05) is 0 Å². The van der Waals surface area contributed by atoms with Gasteiger partial charge in [0, 0.05) is 19.0 Å². The molecule has 1 rings (SSSR count). The molecule has 0 aromatic carbocycles. The Kier molecular flexibility index (Phi) is 1.94. The molecule has 0 radical (unpaired) electrons. The molecule has 9 heavy (non-hydrogen) atoms. The maximum Gasteiger partial charge on any atom is 0.377 e. The van der Waals surface area contributed by atoms with Crippen molar-refractivity contribution < 1.29 is 0 Å². The number of rotatable bonds is 1. The van der Waals surface area contributed by atoms with E-state index in [-0.39, 0.29) is 0 Å². The van der Waals surface area contributed by atoms with E-state index in [0.29, 0.717) is 11.0 Å². The summed E-state index contributed by atoms with van der Waals surface area (Å²) in [5, 5.41) is 15.2.